The van der Waals surface area contributed by atoms with Crippen LogP contribution in [0.3, 0.4) is 0 Å². The number of β-amino-alcohol motifs (C(OH)–C–C–N with tert-alkyl or cyclic N) is 2. The fourth-order valence-electron chi connectivity index (χ4n) is 2.27. The lowest BCUT2D eigenvalue weighted by Crippen LogP contribution is -2.22. The molecule has 2 atom stereocenters. The Morgan fingerprint density at radius 2 is 1.82 bits per heavy atom. The first-order chi connectivity index (χ1) is 8.22. The largest absolute Gasteiger partial charge is 0.454 e. The van der Waals surface area contributed by atoms with E-state index in [0.29, 0.717) is 19.6 Å². The molecule has 2 aliphatic rings. The molecule has 2 heterocycles. The van der Waals surface area contributed by atoms with E-state index in [2.05, 4.69) is 0 Å². The molecule has 92 valence electrons. The normalized spacial score (nSPS) is 27.6. The minimum atomic E-state index is -0.635. The van der Waals surface area contributed by atoms with Crippen LogP contribution < -0.4 is 9.47 Å². The van der Waals surface area contributed by atoms with Crippen LogP contribution in [-0.2, 0) is 6.54 Å². The fraction of sp³-hybridized carbons (Fsp3) is 0.500. The number of rotatable bonds is 2. The quantitative estimate of drug-likeness (QED) is 0.755. The molecule has 0 aromatic heterocycles. The second-order valence-corrected chi connectivity index (χ2v) is 4.52. The van der Waals surface area contributed by atoms with Crippen molar-refractivity contribution >= 4 is 0 Å². The van der Waals surface area contributed by atoms with Crippen LogP contribution in [0.2, 0.25) is 0 Å². The van der Waals surface area contributed by atoms with Gasteiger partial charge in [0.25, 0.3) is 0 Å². The lowest BCUT2D eigenvalue weighted by molar-refractivity contribution is 0.0572. The maximum atomic E-state index is 9.46. The van der Waals surface area contributed by atoms with Gasteiger partial charge >= 0.3 is 0 Å². The van der Waals surface area contributed by atoms with Gasteiger partial charge in [0.05, 0.1) is 12.2 Å². The number of aliphatic hydroxyl groups excluding tert-OH is 2. The third-order valence-corrected chi connectivity index (χ3v) is 3.18. The Morgan fingerprint density at radius 3 is 2.59 bits per heavy atom. The molecule has 1 fully saturated rings. The van der Waals surface area contributed by atoms with Gasteiger partial charge in [0.15, 0.2) is 11.5 Å². The lowest BCUT2D eigenvalue weighted by Gasteiger charge is -2.14. The van der Waals surface area contributed by atoms with E-state index >= 15 is 0 Å². The van der Waals surface area contributed by atoms with Crippen molar-refractivity contribution in [2.75, 3.05) is 19.9 Å². The predicted molar refractivity (Wildman–Crippen MR) is 59.9 cm³/mol. The first kappa shape index (κ1) is 10.8. The van der Waals surface area contributed by atoms with E-state index in [0.717, 1.165) is 17.1 Å². The molecular weight excluding hydrogens is 222 g/mol. The average Bonchev–Trinajstić information content (AvgIpc) is 2.86. The zero-order chi connectivity index (χ0) is 11.8. The second-order valence-electron chi connectivity index (χ2n) is 4.52. The highest BCUT2D eigenvalue weighted by molar-refractivity contribution is 5.44. The molecule has 1 aromatic carbocycles. The second kappa shape index (κ2) is 4.18. The van der Waals surface area contributed by atoms with Crippen LogP contribution in [-0.4, -0.2) is 47.2 Å². The van der Waals surface area contributed by atoms with E-state index in [1.807, 2.05) is 23.1 Å². The SMILES string of the molecule is OC1CN(Cc2ccc3c(c2)OCO3)CC1O. The van der Waals surface area contributed by atoms with Crippen LogP contribution in [0.1, 0.15) is 5.56 Å². The predicted octanol–water partition coefficient (Wildman–Crippen LogP) is -0.0473. The van der Waals surface area contributed by atoms with Gasteiger partial charge < -0.3 is 19.7 Å². The maximum absolute atomic E-state index is 9.46. The maximum Gasteiger partial charge on any atom is 0.231 e. The molecule has 2 aliphatic heterocycles. The Balaban J connectivity index is 1.69. The number of fused-ring (bicyclic) bond motifs is 1. The molecule has 0 saturated carbocycles. The summed E-state index contributed by atoms with van der Waals surface area (Å²) in [5.41, 5.74) is 1.09. The summed E-state index contributed by atoms with van der Waals surface area (Å²) in [6, 6.07) is 5.81. The van der Waals surface area contributed by atoms with Crippen LogP contribution in [0.4, 0.5) is 0 Å². The fourth-order valence-corrected chi connectivity index (χ4v) is 2.27. The minimum Gasteiger partial charge on any atom is -0.454 e. The van der Waals surface area contributed by atoms with E-state index in [1.54, 1.807) is 0 Å². The van der Waals surface area contributed by atoms with Crippen molar-refractivity contribution in [1.29, 1.82) is 0 Å². The molecule has 0 amide bonds. The van der Waals surface area contributed by atoms with Crippen molar-refractivity contribution in [2.24, 2.45) is 0 Å². The van der Waals surface area contributed by atoms with Gasteiger partial charge in [-0.05, 0) is 17.7 Å². The molecular formula is C12H15NO4. The molecule has 2 unspecified atom stereocenters. The number of ether oxygens (including phenoxy) is 2. The summed E-state index contributed by atoms with van der Waals surface area (Å²) in [5.74, 6) is 1.54. The van der Waals surface area contributed by atoms with Crippen molar-refractivity contribution in [3.05, 3.63) is 23.8 Å². The topological polar surface area (TPSA) is 62.2 Å². The highest BCUT2D eigenvalue weighted by atomic mass is 16.7. The van der Waals surface area contributed by atoms with E-state index in [9.17, 15) is 10.2 Å². The molecule has 0 radical (unpaired) electrons. The first-order valence-corrected chi connectivity index (χ1v) is 5.69. The van der Waals surface area contributed by atoms with E-state index in [-0.39, 0.29) is 6.79 Å². The van der Waals surface area contributed by atoms with Gasteiger partial charge in [0, 0.05) is 19.6 Å². The van der Waals surface area contributed by atoms with Gasteiger partial charge in [0.1, 0.15) is 0 Å². The van der Waals surface area contributed by atoms with Gasteiger partial charge in [0.2, 0.25) is 6.79 Å². The smallest absolute Gasteiger partial charge is 0.231 e. The molecule has 0 spiro atoms. The number of nitrogens with zero attached hydrogens (tertiary/aromatic N) is 1. The Bertz CT molecular complexity index is 413. The van der Waals surface area contributed by atoms with Crippen molar-refractivity contribution < 1.29 is 19.7 Å². The molecule has 2 N–H and O–H groups in total. The Hall–Kier alpha value is -1.30. The van der Waals surface area contributed by atoms with E-state index in [1.165, 1.54) is 0 Å². The van der Waals surface area contributed by atoms with Gasteiger partial charge in [-0.1, -0.05) is 6.07 Å². The van der Waals surface area contributed by atoms with Crippen molar-refractivity contribution in [3.63, 3.8) is 0 Å². The molecule has 5 nitrogen and oxygen atoms in total. The van der Waals surface area contributed by atoms with Crippen LogP contribution in [0.25, 0.3) is 0 Å². The molecule has 1 saturated heterocycles. The highest BCUT2D eigenvalue weighted by Crippen LogP contribution is 2.33. The highest BCUT2D eigenvalue weighted by Gasteiger charge is 2.29. The Morgan fingerprint density at radius 1 is 1.12 bits per heavy atom. The van der Waals surface area contributed by atoms with Gasteiger partial charge in [-0.25, -0.2) is 0 Å². The first-order valence-electron chi connectivity index (χ1n) is 5.69. The molecule has 0 bridgehead atoms. The van der Waals surface area contributed by atoms with Crippen molar-refractivity contribution in [3.8, 4) is 11.5 Å². The Kier molecular flexibility index (Phi) is 2.66. The zero-order valence-corrected chi connectivity index (χ0v) is 9.37. The van der Waals surface area contributed by atoms with Crippen LogP contribution in [0, 0.1) is 0 Å². The third-order valence-electron chi connectivity index (χ3n) is 3.18. The van der Waals surface area contributed by atoms with Crippen molar-refractivity contribution in [1.82, 2.24) is 4.90 Å². The number of hydrogen-bond donors (Lipinski definition) is 2. The van der Waals surface area contributed by atoms with Gasteiger partial charge in [-0.3, -0.25) is 4.90 Å². The zero-order valence-electron chi connectivity index (χ0n) is 9.37. The number of benzene rings is 1. The summed E-state index contributed by atoms with van der Waals surface area (Å²) in [4.78, 5) is 2.02. The number of aliphatic hydroxyl groups is 2. The van der Waals surface area contributed by atoms with Crippen molar-refractivity contribution in [2.45, 2.75) is 18.8 Å². The summed E-state index contributed by atoms with van der Waals surface area (Å²) in [6.45, 7) is 2.00. The monoisotopic (exact) mass is 237 g/mol. The third kappa shape index (κ3) is 2.09. The molecule has 5 heteroatoms. The van der Waals surface area contributed by atoms with Crippen LogP contribution >= 0.6 is 0 Å². The summed E-state index contributed by atoms with van der Waals surface area (Å²) < 4.78 is 10.5. The van der Waals surface area contributed by atoms with Crippen LogP contribution in [0.15, 0.2) is 18.2 Å². The van der Waals surface area contributed by atoms with E-state index < -0.39 is 12.2 Å². The summed E-state index contributed by atoms with van der Waals surface area (Å²) in [6.07, 6.45) is -1.27. The Labute approximate surface area is 99.2 Å². The van der Waals surface area contributed by atoms with Crippen LogP contribution in [0.5, 0.6) is 11.5 Å². The summed E-state index contributed by atoms with van der Waals surface area (Å²) >= 11 is 0. The minimum absolute atomic E-state index is 0.278. The standard InChI is InChI=1S/C12H15NO4/c14-9-5-13(6-10(9)15)4-8-1-2-11-12(3-8)17-7-16-11/h1-3,9-10,14-15H,4-7H2. The van der Waals surface area contributed by atoms with E-state index in [4.69, 9.17) is 9.47 Å². The average molecular weight is 237 g/mol. The lowest BCUT2D eigenvalue weighted by atomic mass is 10.2. The molecule has 17 heavy (non-hydrogen) atoms. The number of hydrogen-bond acceptors (Lipinski definition) is 5. The molecule has 0 aliphatic carbocycles. The van der Waals surface area contributed by atoms with Gasteiger partial charge in [-0.2, -0.15) is 0 Å². The summed E-state index contributed by atoms with van der Waals surface area (Å²) in [5, 5.41) is 18.9. The summed E-state index contributed by atoms with van der Waals surface area (Å²) in [7, 11) is 0. The van der Waals surface area contributed by atoms with Gasteiger partial charge in [-0.15, -0.1) is 0 Å². The molecule has 3 rings (SSSR count). The molecule has 1 aromatic rings. The number of likely N-dealkylation sites (tertiary alicyclic amines) is 1.